The molecule has 1 aromatic rings. The highest BCUT2D eigenvalue weighted by Crippen LogP contribution is 2.01. The molecule has 0 spiro atoms. The molecule has 0 aliphatic heterocycles. The highest BCUT2D eigenvalue weighted by atomic mass is 28.3. The Morgan fingerprint density at radius 2 is 0.688 bits per heavy atom. The molecule has 0 aromatic heterocycles. The predicted molar refractivity (Wildman–Crippen MR) is 80.9 cm³/mol. The van der Waals surface area contributed by atoms with Gasteiger partial charge >= 0.3 is 0 Å². The van der Waals surface area contributed by atoms with Crippen LogP contribution in [-0.2, 0) is 0 Å². The molecule has 0 radical (unpaired) electrons. The van der Waals surface area contributed by atoms with E-state index in [2.05, 4.69) is 50.4 Å². The minimum absolute atomic E-state index is 1.09. The first-order valence-electron chi connectivity index (χ1n) is 5.75. The summed E-state index contributed by atoms with van der Waals surface area (Å²) in [5.41, 5.74) is 6.82. The molecule has 0 nitrogen and oxygen atoms in total. The maximum atomic E-state index is 3.41. The highest BCUT2D eigenvalue weighted by molar-refractivity contribution is 6.89. The molecule has 0 N–H and O–H groups in total. The monoisotopic (exact) mass is 248 g/mol. The lowest BCUT2D eigenvalue weighted by Crippen LogP contribution is -2.22. The minimum Gasteiger partial charge on any atom is -0.139 e. The van der Waals surface area contributed by atoms with Crippen LogP contribution in [0.3, 0.4) is 0 Å². The van der Waals surface area contributed by atoms with Gasteiger partial charge in [-0.15, -0.1) is 11.1 Å². The molecule has 0 saturated carbocycles. The summed E-state index contributed by atoms with van der Waals surface area (Å²) in [6.45, 7) is 13.8. The first-order chi connectivity index (χ1) is 7.21. The molecule has 0 heterocycles. The first-order valence-corrected chi connectivity index (χ1v) is 12.8. The number of hydrogen-bond acceptors (Lipinski definition) is 0. The maximum absolute atomic E-state index is 3.41. The van der Waals surface area contributed by atoms with Crippen LogP contribution in [0.25, 0.3) is 0 Å². The van der Waals surface area contributed by atoms with E-state index in [1.807, 2.05) is 36.4 Å². The Balaban J connectivity index is 0.000000315. The fourth-order valence-electron chi connectivity index (χ4n) is 0.760. The minimum atomic E-state index is -1.09. The molecule has 0 aliphatic rings. The van der Waals surface area contributed by atoms with Gasteiger partial charge in [-0.05, 0) is 0 Å². The summed E-state index contributed by atoms with van der Waals surface area (Å²) in [4.78, 5) is 0. The second-order valence-electron chi connectivity index (χ2n) is 5.90. The van der Waals surface area contributed by atoms with Crippen molar-refractivity contribution in [1.82, 2.24) is 0 Å². The molecule has 16 heavy (non-hydrogen) atoms. The van der Waals surface area contributed by atoms with Crippen molar-refractivity contribution in [3.05, 3.63) is 36.4 Å². The molecule has 1 aromatic carbocycles. The number of benzene rings is 1. The van der Waals surface area contributed by atoms with E-state index in [0.29, 0.717) is 0 Å². The zero-order chi connectivity index (χ0) is 12.7. The van der Waals surface area contributed by atoms with Gasteiger partial charge < -0.3 is 0 Å². The standard InChI is InChI=1S/C8H18Si2.C6H6/c1-9(2,3)7-8-10(4,5)6;1-2-4-6-5-3-1/h1-6H3;1-6H. The van der Waals surface area contributed by atoms with Gasteiger partial charge in [0.15, 0.2) is 0 Å². The molecular weight excluding hydrogens is 224 g/mol. The Morgan fingerprint density at radius 1 is 0.500 bits per heavy atom. The quantitative estimate of drug-likeness (QED) is 0.471. The molecule has 0 atom stereocenters. The summed E-state index contributed by atoms with van der Waals surface area (Å²) in [6, 6.07) is 12.0. The Hall–Kier alpha value is -0.786. The van der Waals surface area contributed by atoms with Crippen molar-refractivity contribution in [2.45, 2.75) is 39.3 Å². The summed E-state index contributed by atoms with van der Waals surface area (Å²) >= 11 is 0. The summed E-state index contributed by atoms with van der Waals surface area (Å²) in [6.07, 6.45) is 0. The molecule has 88 valence electrons. The van der Waals surface area contributed by atoms with Crippen molar-refractivity contribution in [2.24, 2.45) is 0 Å². The molecule has 0 saturated heterocycles. The molecular formula is C14H24Si2. The van der Waals surface area contributed by atoms with Crippen LogP contribution >= 0.6 is 0 Å². The molecule has 0 unspecified atom stereocenters. The van der Waals surface area contributed by atoms with Crippen molar-refractivity contribution in [2.75, 3.05) is 0 Å². The lowest BCUT2D eigenvalue weighted by atomic mass is 10.4. The van der Waals surface area contributed by atoms with Gasteiger partial charge in [0.2, 0.25) is 0 Å². The maximum Gasteiger partial charge on any atom is 0.128 e. The fourth-order valence-corrected chi connectivity index (χ4v) is 3.76. The van der Waals surface area contributed by atoms with Gasteiger partial charge in [0.05, 0.1) is 0 Å². The zero-order valence-corrected chi connectivity index (χ0v) is 13.5. The van der Waals surface area contributed by atoms with Gasteiger partial charge in [0.1, 0.15) is 16.1 Å². The first kappa shape index (κ1) is 15.2. The third-order valence-corrected chi connectivity index (χ3v) is 3.48. The average molecular weight is 249 g/mol. The average Bonchev–Trinajstić information content (AvgIpc) is 2.17. The lowest BCUT2D eigenvalue weighted by molar-refractivity contribution is 1.72. The van der Waals surface area contributed by atoms with Crippen molar-refractivity contribution in [1.29, 1.82) is 0 Å². The van der Waals surface area contributed by atoms with Crippen LogP contribution in [0.15, 0.2) is 36.4 Å². The largest absolute Gasteiger partial charge is 0.139 e. The Morgan fingerprint density at radius 3 is 0.812 bits per heavy atom. The van der Waals surface area contributed by atoms with Gasteiger partial charge in [-0.25, -0.2) is 0 Å². The van der Waals surface area contributed by atoms with Gasteiger partial charge in [0.25, 0.3) is 0 Å². The van der Waals surface area contributed by atoms with Crippen molar-refractivity contribution in [3.63, 3.8) is 0 Å². The fraction of sp³-hybridized carbons (Fsp3) is 0.429. The van der Waals surface area contributed by atoms with E-state index in [1.165, 1.54) is 0 Å². The summed E-state index contributed by atoms with van der Waals surface area (Å²) in [5, 5.41) is 0. The molecule has 0 fully saturated rings. The van der Waals surface area contributed by atoms with Gasteiger partial charge in [-0.1, -0.05) is 75.7 Å². The van der Waals surface area contributed by atoms with Gasteiger partial charge in [0, 0.05) is 0 Å². The highest BCUT2D eigenvalue weighted by Gasteiger charge is 2.12. The van der Waals surface area contributed by atoms with E-state index < -0.39 is 16.1 Å². The van der Waals surface area contributed by atoms with Crippen LogP contribution in [0.4, 0.5) is 0 Å². The van der Waals surface area contributed by atoms with E-state index in [-0.39, 0.29) is 0 Å². The lowest BCUT2D eigenvalue weighted by Gasteiger charge is -2.08. The molecule has 1 rings (SSSR count). The van der Waals surface area contributed by atoms with Gasteiger partial charge in [-0.2, -0.15) is 0 Å². The number of hydrogen-bond donors (Lipinski definition) is 0. The molecule has 0 bridgehead atoms. The third kappa shape index (κ3) is 13.2. The Kier molecular flexibility index (Phi) is 6.39. The Labute approximate surface area is 103 Å². The van der Waals surface area contributed by atoms with E-state index in [1.54, 1.807) is 0 Å². The number of rotatable bonds is 0. The second-order valence-corrected chi connectivity index (χ2v) is 15.4. The van der Waals surface area contributed by atoms with Crippen LogP contribution in [0.2, 0.25) is 39.3 Å². The third-order valence-electron chi connectivity index (χ3n) is 1.48. The van der Waals surface area contributed by atoms with Crippen LogP contribution < -0.4 is 0 Å². The zero-order valence-electron chi connectivity index (χ0n) is 11.5. The summed E-state index contributed by atoms with van der Waals surface area (Å²) < 4.78 is 0. The normalized spacial score (nSPS) is 10.6. The van der Waals surface area contributed by atoms with E-state index in [9.17, 15) is 0 Å². The van der Waals surface area contributed by atoms with Crippen molar-refractivity contribution < 1.29 is 0 Å². The second kappa shape index (κ2) is 6.72. The van der Waals surface area contributed by atoms with Crippen molar-refractivity contribution in [3.8, 4) is 11.1 Å². The summed E-state index contributed by atoms with van der Waals surface area (Å²) in [5.74, 6) is 0. The Bertz CT molecular complexity index is 286. The molecule has 0 amide bonds. The van der Waals surface area contributed by atoms with Gasteiger partial charge in [-0.3, -0.25) is 0 Å². The van der Waals surface area contributed by atoms with Crippen LogP contribution in [0, 0.1) is 11.1 Å². The molecule has 0 aliphatic carbocycles. The van der Waals surface area contributed by atoms with E-state index in [4.69, 9.17) is 0 Å². The van der Waals surface area contributed by atoms with E-state index >= 15 is 0 Å². The van der Waals surface area contributed by atoms with Crippen LogP contribution in [0.5, 0.6) is 0 Å². The van der Waals surface area contributed by atoms with Crippen LogP contribution in [0.1, 0.15) is 0 Å². The summed E-state index contributed by atoms with van der Waals surface area (Å²) in [7, 11) is -2.19. The molecule has 2 heteroatoms. The van der Waals surface area contributed by atoms with Crippen LogP contribution in [-0.4, -0.2) is 16.1 Å². The smallest absolute Gasteiger partial charge is 0.128 e. The predicted octanol–water partition coefficient (Wildman–Crippen LogP) is 4.43. The topological polar surface area (TPSA) is 0 Å². The van der Waals surface area contributed by atoms with E-state index in [0.717, 1.165) is 0 Å². The van der Waals surface area contributed by atoms with Crippen molar-refractivity contribution >= 4 is 16.1 Å². The SMILES string of the molecule is C[Si](C)(C)C#C[Si](C)(C)C.c1ccccc1.